The van der Waals surface area contributed by atoms with Crippen molar-refractivity contribution in [3.8, 4) is 0 Å². The summed E-state index contributed by atoms with van der Waals surface area (Å²) in [6.07, 6.45) is 3.44. The SMILES string of the molecule is Cc1cccc(CN2CC[C@@H]3C[C@H](C)O[C@H]3C2)n1. The van der Waals surface area contributed by atoms with Crippen LogP contribution in [0, 0.1) is 12.8 Å². The molecule has 2 fully saturated rings. The van der Waals surface area contributed by atoms with Gasteiger partial charge >= 0.3 is 0 Å². The second kappa shape index (κ2) is 4.98. The van der Waals surface area contributed by atoms with E-state index in [1.165, 1.54) is 25.1 Å². The minimum atomic E-state index is 0.456. The Labute approximate surface area is 109 Å². The molecule has 0 aliphatic carbocycles. The Kier molecular flexibility index (Phi) is 3.35. The average molecular weight is 246 g/mol. The summed E-state index contributed by atoms with van der Waals surface area (Å²) in [6.45, 7) is 7.47. The van der Waals surface area contributed by atoms with Crippen molar-refractivity contribution in [3.63, 3.8) is 0 Å². The zero-order chi connectivity index (χ0) is 12.5. The van der Waals surface area contributed by atoms with Crippen LogP contribution < -0.4 is 0 Å². The van der Waals surface area contributed by atoms with Crippen molar-refractivity contribution < 1.29 is 4.74 Å². The van der Waals surface area contributed by atoms with E-state index >= 15 is 0 Å². The molecular formula is C15H22N2O. The molecule has 2 aliphatic rings. The molecule has 3 atom stereocenters. The lowest BCUT2D eigenvalue weighted by Crippen LogP contribution is -2.41. The van der Waals surface area contributed by atoms with Crippen LogP contribution in [0.5, 0.6) is 0 Å². The third kappa shape index (κ3) is 2.57. The van der Waals surface area contributed by atoms with Crippen LogP contribution in [-0.2, 0) is 11.3 Å². The topological polar surface area (TPSA) is 25.4 Å². The van der Waals surface area contributed by atoms with Crippen molar-refractivity contribution in [2.45, 2.75) is 45.4 Å². The van der Waals surface area contributed by atoms with E-state index in [4.69, 9.17) is 4.74 Å². The molecule has 0 amide bonds. The highest BCUT2D eigenvalue weighted by atomic mass is 16.5. The van der Waals surface area contributed by atoms with Crippen molar-refractivity contribution in [1.29, 1.82) is 0 Å². The largest absolute Gasteiger partial charge is 0.374 e. The molecule has 98 valence electrons. The van der Waals surface area contributed by atoms with Gasteiger partial charge in [-0.1, -0.05) is 6.07 Å². The summed E-state index contributed by atoms with van der Waals surface area (Å²) in [4.78, 5) is 7.07. The predicted molar refractivity (Wildman–Crippen MR) is 71.3 cm³/mol. The monoisotopic (exact) mass is 246 g/mol. The number of fused-ring (bicyclic) bond motifs is 1. The van der Waals surface area contributed by atoms with Gasteiger partial charge in [0, 0.05) is 18.8 Å². The van der Waals surface area contributed by atoms with E-state index in [9.17, 15) is 0 Å². The van der Waals surface area contributed by atoms with Gasteiger partial charge in [-0.3, -0.25) is 9.88 Å². The number of piperidine rings is 1. The number of nitrogens with zero attached hydrogens (tertiary/aromatic N) is 2. The first kappa shape index (κ1) is 12.1. The lowest BCUT2D eigenvalue weighted by molar-refractivity contribution is -0.00305. The van der Waals surface area contributed by atoms with Crippen LogP contribution in [0.2, 0.25) is 0 Å². The van der Waals surface area contributed by atoms with Gasteiger partial charge in [0.25, 0.3) is 0 Å². The van der Waals surface area contributed by atoms with E-state index in [1.54, 1.807) is 0 Å². The number of hydrogen-bond acceptors (Lipinski definition) is 3. The maximum absolute atomic E-state index is 5.99. The molecule has 18 heavy (non-hydrogen) atoms. The Morgan fingerprint density at radius 1 is 1.44 bits per heavy atom. The molecule has 3 nitrogen and oxygen atoms in total. The van der Waals surface area contributed by atoms with Crippen LogP contribution in [0.4, 0.5) is 0 Å². The molecule has 3 heterocycles. The van der Waals surface area contributed by atoms with E-state index in [2.05, 4.69) is 41.9 Å². The molecule has 3 heteroatoms. The Bertz CT molecular complexity index is 421. The van der Waals surface area contributed by atoms with Gasteiger partial charge in [0.15, 0.2) is 0 Å². The molecule has 1 aromatic rings. The molecule has 3 rings (SSSR count). The number of pyridine rings is 1. The average Bonchev–Trinajstić information content (AvgIpc) is 2.68. The highest BCUT2D eigenvalue weighted by Gasteiger charge is 2.37. The van der Waals surface area contributed by atoms with Gasteiger partial charge < -0.3 is 4.74 Å². The van der Waals surface area contributed by atoms with E-state index in [0.717, 1.165) is 24.7 Å². The molecule has 2 saturated heterocycles. The number of aryl methyl sites for hydroxylation is 1. The normalized spacial score (nSPS) is 32.4. The second-order valence-electron chi connectivity index (χ2n) is 5.78. The minimum Gasteiger partial charge on any atom is -0.374 e. The van der Waals surface area contributed by atoms with Gasteiger partial charge in [-0.05, 0) is 51.3 Å². The fourth-order valence-electron chi connectivity index (χ4n) is 3.29. The quantitative estimate of drug-likeness (QED) is 0.801. The van der Waals surface area contributed by atoms with E-state index < -0.39 is 0 Å². The van der Waals surface area contributed by atoms with Gasteiger partial charge in [-0.25, -0.2) is 0 Å². The van der Waals surface area contributed by atoms with E-state index in [0.29, 0.717) is 12.2 Å². The Morgan fingerprint density at radius 3 is 3.17 bits per heavy atom. The first-order chi connectivity index (χ1) is 8.70. The highest BCUT2D eigenvalue weighted by molar-refractivity contribution is 5.10. The van der Waals surface area contributed by atoms with Crippen LogP contribution in [0.3, 0.4) is 0 Å². The third-order valence-electron chi connectivity index (χ3n) is 4.15. The fourth-order valence-corrected chi connectivity index (χ4v) is 3.29. The van der Waals surface area contributed by atoms with Crippen molar-refractivity contribution in [2.75, 3.05) is 13.1 Å². The molecule has 0 radical (unpaired) electrons. The number of likely N-dealkylation sites (tertiary alicyclic amines) is 1. The molecule has 0 bridgehead atoms. The maximum atomic E-state index is 5.99. The zero-order valence-corrected chi connectivity index (χ0v) is 11.3. The van der Waals surface area contributed by atoms with Crippen molar-refractivity contribution in [2.24, 2.45) is 5.92 Å². The van der Waals surface area contributed by atoms with Crippen LogP contribution in [0.1, 0.15) is 31.2 Å². The van der Waals surface area contributed by atoms with Gasteiger partial charge in [0.2, 0.25) is 0 Å². The van der Waals surface area contributed by atoms with Gasteiger partial charge in [-0.15, -0.1) is 0 Å². The summed E-state index contributed by atoms with van der Waals surface area (Å²) >= 11 is 0. The third-order valence-corrected chi connectivity index (χ3v) is 4.15. The summed E-state index contributed by atoms with van der Waals surface area (Å²) in [7, 11) is 0. The molecule has 0 spiro atoms. The maximum Gasteiger partial charge on any atom is 0.0735 e. The summed E-state index contributed by atoms with van der Waals surface area (Å²) in [6, 6.07) is 6.27. The zero-order valence-electron chi connectivity index (χ0n) is 11.3. The Morgan fingerprint density at radius 2 is 2.33 bits per heavy atom. The van der Waals surface area contributed by atoms with Gasteiger partial charge in [0.1, 0.15) is 0 Å². The molecule has 0 saturated carbocycles. The highest BCUT2D eigenvalue weighted by Crippen LogP contribution is 2.33. The van der Waals surface area contributed by atoms with Gasteiger partial charge in [0.05, 0.1) is 17.9 Å². The second-order valence-corrected chi connectivity index (χ2v) is 5.78. The van der Waals surface area contributed by atoms with Crippen LogP contribution in [0.25, 0.3) is 0 Å². The molecular weight excluding hydrogens is 224 g/mol. The fraction of sp³-hybridized carbons (Fsp3) is 0.667. The molecule has 1 aromatic heterocycles. The molecule has 0 unspecified atom stereocenters. The molecule has 2 aliphatic heterocycles. The van der Waals surface area contributed by atoms with E-state index in [-0.39, 0.29) is 0 Å². The van der Waals surface area contributed by atoms with Crippen molar-refractivity contribution in [3.05, 3.63) is 29.6 Å². The first-order valence-electron chi connectivity index (χ1n) is 7.01. The summed E-state index contributed by atoms with van der Waals surface area (Å²) < 4.78 is 5.99. The number of hydrogen-bond donors (Lipinski definition) is 0. The lowest BCUT2D eigenvalue weighted by Gasteiger charge is -2.33. The van der Waals surface area contributed by atoms with Crippen LogP contribution in [-0.4, -0.2) is 35.2 Å². The Hall–Kier alpha value is -0.930. The van der Waals surface area contributed by atoms with E-state index in [1.807, 2.05) is 0 Å². The Balaban J connectivity index is 1.61. The van der Waals surface area contributed by atoms with Crippen LogP contribution >= 0.6 is 0 Å². The smallest absolute Gasteiger partial charge is 0.0735 e. The number of aromatic nitrogens is 1. The minimum absolute atomic E-state index is 0.456. The lowest BCUT2D eigenvalue weighted by atomic mass is 9.92. The predicted octanol–water partition coefficient (Wildman–Crippen LogP) is 2.39. The van der Waals surface area contributed by atoms with Gasteiger partial charge in [-0.2, -0.15) is 0 Å². The summed E-state index contributed by atoms with van der Waals surface area (Å²) in [5.74, 6) is 0.793. The molecule has 0 aromatic carbocycles. The van der Waals surface area contributed by atoms with Crippen molar-refractivity contribution in [1.82, 2.24) is 9.88 Å². The summed E-state index contributed by atoms with van der Waals surface area (Å²) in [5, 5.41) is 0. The standard InChI is InChI=1S/C15H22N2O/c1-11-4-3-5-14(16-11)9-17-7-6-13-8-12(2)18-15(13)10-17/h3-5,12-13,15H,6-10H2,1-2H3/t12-,13+,15-/m0/s1. The first-order valence-corrected chi connectivity index (χ1v) is 7.01. The van der Waals surface area contributed by atoms with Crippen molar-refractivity contribution >= 4 is 0 Å². The summed E-state index contributed by atoms with van der Waals surface area (Å²) in [5.41, 5.74) is 2.28. The molecule has 0 N–H and O–H groups in total. The number of rotatable bonds is 2. The van der Waals surface area contributed by atoms with Crippen LogP contribution in [0.15, 0.2) is 18.2 Å². The number of ether oxygens (including phenoxy) is 1.